The van der Waals surface area contributed by atoms with Gasteiger partial charge >= 0.3 is 0 Å². The number of allylic oxidation sites excluding steroid dienone is 1. The molecular weight excluding hydrogens is 348 g/mol. The Balaban J connectivity index is 2.35. The molecule has 156 valence electrons. The summed E-state index contributed by atoms with van der Waals surface area (Å²) in [6.07, 6.45) is 3.59. The van der Waals surface area contributed by atoms with E-state index in [1.54, 1.807) is 5.57 Å². The Hall–Kier alpha value is -1.82. The first-order valence-electron chi connectivity index (χ1n) is 11.3. The fourth-order valence-corrected chi connectivity index (χ4v) is 4.27. The molecule has 0 bridgehead atoms. The Morgan fingerprint density at radius 1 is 0.724 bits per heavy atom. The minimum absolute atomic E-state index is 0.130. The van der Waals surface area contributed by atoms with Crippen LogP contribution in [0.4, 0.5) is 0 Å². The highest BCUT2D eigenvalue weighted by atomic mass is 14.3. The van der Waals surface area contributed by atoms with Crippen LogP contribution in [0.5, 0.6) is 0 Å². The van der Waals surface area contributed by atoms with Gasteiger partial charge in [-0.1, -0.05) is 111 Å². The average molecular weight is 389 g/mol. The molecular formula is C29H40. The molecule has 0 saturated carbocycles. The molecule has 0 N–H and O–H groups in total. The van der Waals surface area contributed by atoms with Gasteiger partial charge in [0.15, 0.2) is 0 Å². The Labute approximate surface area is 179 Å². The molecule has 1 aliphatic carbocycles. The van der Waals surface area contributed by atoms with Gasteiger partial charge in [-0.15, -0.1) is 0 Å². The molecule has 2 aromatic rings. The molecule has 0 saturated heterocycles. The second-order valence-corrected chi connectivity index (χ2v) is 11.6. The molecule has 0 fully saturated rings. The van der Waals surface area contributed by atoms with Gasteiger partial charge in [-0.25, -0.2) is 0 Å². The van der Waals surface area contributed by atoms with Crippen LogP contribution in [-0.4, -0.2) is 0 Å². The second-order valence-electron chi connectivity index (χ2n) is 11.6. The van der Waals surface area contributed by atoms with Crippen molar-refractivity contribution in [2.75, 3.05) is 0 Å². The van der Waals surface area contributed by atoms with E-state index in [0.717, 1.165) is 6.42 Å². The lowest BCUT2D eigenvalue weighted by molar-refractivity contribution is 0.569. The summed E-state index contributed by atoms with van der Waals surface area (Å²) in [5, 5.41) is 0. The first-order valence-corrected chi connectivity index (χ1v) is 11.3. The third-order valence-electron chi connectivity index (χ3n) is 6.41. The van der Waals surface area contributed by atoms with Gasteiger partial charge in [-0.05, 0) is 68.0 Å². The van der Waals surface area contributed by atoms with E-state index in [0.29, 0.717) is 11.8 Å². The normalized spacial score (nSPS) is 14.6. The van der Waals surface area contributed by atoms with Crippen molar-refractivity contribution in [2.24, 2.45) is 5.92 Å². The predicted octanol–water partition coefficient (Wildman–Crippen LogP) is 8.67. The smallest absolute Gasteiger partial charge is 0.00550 e. The molecule has 0 aromatic heterocycles. The van der Waals surface area contributed by atoms with Crippen molar-refractivity contribution in [3.63, 3.8) is 0 Å². The van der Waals surface area contributed by atoms with E-state index in [2.05, 4.69) is 106 Å². The third-order valence-corrected chi connectivity index (χ3v) is 6.41. The number of hydrogen-bond donors (Lipinski definition) is 0. The van der Waals surface area contributed by atoms with E-state index in [9.17, 15) is 0 Å². The van der Waals surface area contributed by atoms with Gasteiger partial charge in [0.25, 0.3) is 0 Å². The van der Waals surface area contributed by atoms with Crippen molar-refractivity contribution in [1.29, 1.82) is 0 Å². The second kappa shape index (κ2) is 7.46. The van der Waals surface area contributed by atoms with E-state index < -0.39 is 0 Å². The zero-order chi connectivity index (χ0) is 21.7. The summed E-state index contributed by atoms with van der Waals surface area (Å²) in [6, 6.07) is 12.1. The monoisotopic (exact) mass is 388 g/mol. The maximum Gasteiger partial charge on any atom is -0.00550 e. The number of hydrogen-bond acceptors (Lipinski definition) is 0. The summed E-state index contributed by atoms with van der Waals surface area (Å²) in [4.78, 5) is 0. The fourth-order valence-electron chi connectivity index (χ4n) is 4.27. The summed E-state index contributed by atoms with van der Waals surface area (Å²) in [5.74, 6) is 1.10. The highest BCUT2D eigenvalue weighted by Gasteiger charge is 2.25. The van der Waals surface area contributed by atoms with Crippen molar-refractivity contribution in [3.05, 3.63) is 63.7 Å². The molecule has 3 rings (SSSR count). The van der Waals surface area contributed by atoms with E-state index in [1.165, 1.54) is 38.9 Å². The van der Waals surface area contributed by atoms with E-state index in [4.69, 9.17) is 0 Å². The van der Waals surface area contributed by atoms with Crippen LogP contribution < -0.4 is 0 Å². The van der Waals surface area contributed by atoms with Gasteiger partial charge in [0, 0.05) is 0 Å². The first kappa shape index (κ1) is 21.9. The van der Waals surface area contributed by atoms with Gasteiger partial charge in [-0.3, -0.25) is 0 Å². The molecule has 0 nitrogen and oxygen atoms in total. The zero-order valence-electron chi connectivity index (χ0n) is 20.3. The third kappa shape index (κ3) is 4.37. The van der Waals surface area contributed by atoms with Crippen LogP contribution in [0.15, 0.2) is 35.9 Å². The minimum atomic E-state index is 0.130. The van der Waals surface area contributed by atoms with Gasteiger partial charge in [-0.2, -0.15) is 0 Å². The van der Waals surface area contributed by atoms with Crippen molar-refractivity contribution >= 4 is 6.08 Å². The maximum atomic E-state index is 2.49. The Bertz CT molecular complexity index is 905. The van der Waals surface area contributed by atoms with Gasteiger partial charge in [0.05, 0.1) is 0 Å². The molecule has 1 aliphatic rings. The standard InChI is InChI=1S/C29H40/c1-18(2)21-13-20-11-12-25(19(3)4)27(26(20)16-21)22-14-23(28(5,6)7)17-24(15-22)29(8,9)10/h11-12,14-19H,13H2,1-10H3. The Morgan fingerprint density at radius 3 is 1.72 bits per heavy atom. The molecule has 0 amide bonds. The quantitative estimate of drug-likeness (QED) is 0.493. The van der Waals surface area contributed by atoms with Crippen LogP contribution in [-0.2, 0) is 17.3 Å². The molecule has 0 aliphatic heterocycles. The van der Waals surface area contributed by atoms with E-state index >= 15 is 0 Å². The topological polar surface area (TPSA) is 0 Å². The van der Waals surface area contributed by atoms with Gasteiger partial charge in [0.1, 0.15) is 0 Å². The lowest BCUT2D eigenvalue weighted by Crippen LogP contribution is -2.16. The SMILES string of the molecule is CC(C)C1=Cc2c(ccc(C(C)C)c2-c2cc(C(C)(C)C)cc(C(C)(C)C)c2)C1. The van der Waals surface area contributed by atoms with Crippen molar-refractivity contribution in [1.82, 2.24) is 0 Å². The van der Waals surface area contributed by atoms with Gasteiger partial charge in [0.2, 0.25) is 0 Å². The highest BCUT2D eigenvalue weighted by molar-refractivity contribution is 5.84. The molecule has 0 unspecified atom stereocenters. The Morgan fingerprint density at radius 2 is 1.28 bits per heavy atom. The number of rotatable bonds is 3. The largest absolute Gasteiger partial charge is 0.0626 e. The van der Waals surface area contributed by atoms with Gasteiger partial charge < -0.3 is 0 Å². The van der Waals surface area contributed by atoms with Crippen LogP contribution in [0, 0.1) is 5.92 Å². The van der Waals surface area contributed by atoms with E-state index in [-0.39, 0.29) is 10.8 Å². The minimum Gasteiger partial charge on any atom is -0.0626 e. The Kier molecular flexibility index (Phi) is 5.63. The van der Waals surface area contributed by atoms with Crippen molar-refractivity contribution < 1.29 is 0 Å². The average Bonchev–Trinajstić information content (AvgIpc) is 3.03. The highest BCUT2D eigenvalue weighted by Crippen LogP contribution is 2.43. The zero-order valence-corrected chi connectivity index (χ0v) is 20.3. The lowest BCUT2D eigenvalue weighted by Gasteiger charge is -2.27. The van der Waals surface area contributed by atoms with E-state index in [1.807, 2.05) is 0 Å². The van der Waals surface area contributed by atoms with Crippen LogP contribution in [0.2, 0.25) is 0 Å². The van der Waals surface area contributed by atoms with Crippen LogP contribution in [0.1, 0.15) is 103 Å². The van der Waals surface area contributed by atoms with Crippen molar-refractivity contribution in [2.45, 2.75) is 92.4 Å². The fraction of sp³-hybridized carbons (Fsp3) is 0.517. The predicted molar refractivity (Wildman–Crippen MR) is 130 cm³/mol. The summed E-state index contributed by atoms with van der Waals surface area (Å²) < 4.78 is 0. The number of fused-ring (bicyclic) bond motifs is 1. The summed E-state index contributed by atoms with van der Waals surface area (Å²) >= 11 is 0. The molecule has 0 radical (unpaired) electrons. The van der Waals surface area contributed by atoms with Crippen LogP contribution in [0.3, 0.4) is 0 Å². The molecule has 0 heteroatoms. The molecule has 2 aromatic carbocycles. The summed E-state index contributed by atoms with van der Waals surface area (Å²) in [7, 11) is 0. The lowest BCUT2D eigenvalue weighted by atomic mass is 9.77. The maximum absolute atomic E-state index is 2.49. The summed E-state index contributed by atoms with van der Waals surface area (Å²) in [5.41, 5.74) is 12.0. The first-order chi connectivity index (χ1) is 13.3. The van der Waals surface area contributed by atoms with Crippen LogP contribution in [0.25, 0.3) is 17.2 Å². The summed E-state index contributed by atoms with van der Waals surface area (Å²) in [6.45, 7) is 23.3. The molecule has 0 spiro atoms. The molecule has 0 atom stereocenters. The van der Waals surface area contributed by atoms with Crippen LogP contribution >= 0.6 is 0 Å². The van der Waals surface area contributed by atoms with Crippen molar-refractivity contribution in [3.8, 4) is 11.1 Å². The molecule has 29 heavy (non-hydrogen) atoms. The molecule has 0 heterocycles. The number of benzene rings is 2.